The number of halogens is 1. The molecule has 0 saturated carbocycles. The lowest BCUT2D eigenvalue weighted by molar-refractivity contribution is 0.102. The van der Waals surface area contributed by atoms with Crippen molar-refractivity contribution < 1.29 is 4.79 Å². The molecule has 3 rings (SSSR count). The fraction of sp³-hybridized carbons (Fsp3) is 0.250. The van der Waals surface area contributed by atoms with Crippen LogP contribution in [0, 0.1) is 0 Å². The number of nitrogens with one attached hydrogen (secondary N) is 1. The Balaban J connectivity index is 1.84. The van der Waals surface area contributed by atoms with Crippen LogP contribution in [0.25, 0.3) is 10.2 Å². The second-order valence-electron chi connectivity index (χ2n) is 5.47. The van der Waals surface area contributed by atoms with Crippen LogP contribution in [0.2, 0.25) is 5.02 Å². The lowest BCUT2D eigenvalue weighted by Gasteiger charge is -2.10. The van der Waals surface area contributed by atoms with Crippen LogP contribution < -0.4 is 17.0 Å². The van der Waals surface area contributed by atoms with Crippen LogP contribution in [-0.4, -0.2) is 26.1 Å². The molecule has 3 N–H and O–H groups in total. The van der Waals surface area contributed by atoms with E-state index in [1.165, 1.54) is 27.7 Å². The Labute approximate surface area is 161 Å². The third kappa shape index (κ3) is 3.69. The van der Waals surface area contributed by atoms with E-state index in [1.54, 1.807) is 12.1 Å². The standard InChI is InChI=1S/C16H15ClN4O3S2/c1-2-5-21-13(18)12(14(23)20-15(21)24)10(22)7-25-16-19-9-6-8(17)3-4-11(9)26-16/h3-4,6H,2,5,7,18H2,1H3,(H,20,23,24). The molecule has 0 saturated heterocycles. The summed E-state index contributed by atoms with van der Waals surface area (Å²) in [7, 11) is 0. The van der Waals surface area contributed by atoms with Crippen LogP contribution in [0.1, 0.15) is 23.7 Å². The van der Waals surface area contributed by atoms with E-state index in [1.807, 2.05) is 13.0 Å². The minimum Gasteiger partial charge on any atom is -0.384 e. The highest BCUT2D eigenvalue weighted by Gasteiger charge is 2.20. The first kappa shape index (κ1) is 18.7. The summed E-state index contributed by atoms with van der Waals surface area (Å²) in [5.41, 5.74) is 5.10. The van der Waals surface area contributed by atoms with Gasteiger partial charge in [0.05, 0.1) is 16.0 Å². The van der Waals surface area contributed by atoms with Crippen molar-refractivity contribution in [2.75, 3.05) is 11.5 Å². The third-order valence-corrected chi connectivity index (χ3v) is 6.04. The van der Waals surface area contributed by atoms with Crippen molar-refractivity contribution in [1.82, 2.24) is 14.5 Å². The molecule has 1 aromatic carbocycles. The number of H-pyrrole nitrogens is 1. The molecule has 10 heteroatoms. The number of anilines is 1. The van der Waals surface area contributed by atoms with Crippen molar-refractivity contribution >= 4 is 56.5 Å². The molecule has 0 aliphatic rings. The number of Topliss-reactive ketones (excluding diaryl/α,β-unsaturated/α-hetero) is 1. The topological polar surface area (TPSA) is 111 Å². The van der Waals surface area contributed by atoms with E-state index >= 15 is 0 Å². The fourth-order valence-electron chi connectivity index (χ4n) is 2.44. The van der Waals surface area contributed by atoms with E-state index in [0.717, 1.165) is 10.2 Å². The van der Waals surface area contributed by atoms with Crippen LogP contribution in [0.5, 0.6) is 0 Å². The van der Waals surface area contributed by atoms with Gasteiger partial charge in [-0.15, -0.1) is 11.3 Å². The van der Waals surface area contributed by atoms with Gasteiger partial charge in [0, 0.05) is 11.6 Å². The smallest absolute Gasteiger partial charge is 0.329 e. The van der Waals surface area contributed by atoms with Crippen LogP contribution >= 0.6 is 34.7 Å². The molecule has 0 radical (unpaired) electrons. The van der Waals surface area contributed by atoms with Gasteiger partial charge in [-0.3, -0.25) is 19.1 Å². The highest BCUT2D eigenvalue weighted by atomic mass is 35.5. The van der Waals surface area contributed by atoms with Gasteiger partial charge in [0.15, 0.2) is 10.1 Å². The highest BCUT2D eigenvalue weighted by Crippen LogP contribution is 2.31. The first-order valence-electron chi connectivity index (χ1n) is 7.75. The molecular weight excluding hydrogens is 396 g/mol. The number of carbonyl (C=O) groups excluding carboxylic acids is 1. The van der Waals surface area contributed by atoms with E-state index in [-0.39, 0.29) is 17.1 Å². The molecule has 0 aliphatic heterocycles. The summed E-state index contributed by atoms with van der Waals surface area (Å²) in [4.78, 5) is 43.0. The maximum Gasteiger partial charge on any atom is 0.329 e. The van der Waals surface area contributed by atoms with Gasteiger partial charge in [-0.2, -0.15) is 0 Å². The zero-order valence-electron chi connectivity index (χ0n) is 13.7. The van der Waals surface area contributed by atoms with Gasteiger partial charge in [-0.05, 0) is 24.6 Å². The second-order valence-corrected chi connectivity index (χ2v) is 8.16. The first-order valence-corrected chi connectivity index (χ1v) is 9.93. The molecule has 0 fully saturated rings. The number of aromatic nitrogens is 3. The number of benzene rings is 1. The summed E-state index contributed by atoms with van der Waals surface area (Å²) < 4.78 is 2.85. The first-order chi connectivity index (χ1) is 12.4. The quantitative estimate of drug-likeness (QED) is 0.477. The van der Waals surface area contributed by atoms with E-state index in [0.29, 0.717) is 22.3 Å². The number of carbonyl (C=O) groups is 1. The molecule has 3 aromatic rings. The maximum absolute atomic E-state index is 12.5. The molecule has 2 heterocycles. The zero-order valence-corrected chi connectivity index (χ0v) is 16.1. The van der Waals surface area contributed by atoms with Gasteiger partial charge < -0.3 is 5.73 Å². The lowest BCUT2D eigenvalue weighted by Crippen LogP contribution is -2.36. The van der Waals surface area contributed by atoms with Crippen LogP contribution in [0.3, 0.4) is 0 Å². The Kier molecular flexibility index (Phi) is 5.49. The summed E-state index contributed by atoms with van der Waals surface area (Å²) >= 11 is 8.60. The SMILES string of the molecule is CCCn1c(N)c(C(=O)CSc2nc3cc(Cl)ccc3s2)c(=O)[nH]c1=O. The van der Waals surface area contributed by atoms with Crippen molar-refractivity contribution in [3.63, 3.8) is 0 Å². The lowest BCUT2D eigenvalue weighted by atomic mass is 10.2. The molecule has 0 aliphatic carbocycles. The number of rotatable bonds is 6. The van der Waals surface area contributed by atoms with Crippen LogP contribution in [0.4, 0.5) is 5.82 Å². The number of fused-ring (bicyclic) bond motifs is 1. The Morgan fingerprint density at radius 2 is 2.19 bits per heavy atom. The van der Waals surface area contributed by atoms with Crippen LogP contribution in [0.15, 0.2) is 32.1 Å². The molecule has 0 atom stereocenters. The van der Waals surface area contributed by atoms with Gasteiger partial charge >= 0.3 is 5.69 Å². The van der Waals surface area contributed by atoms with Gasteiger partial charge in [0.25, 0.3) is 5.56 Å². The van der Waals surface area contributed by atoms with Gasteiger partial charge in [0.1, 0.15) is 11.4 Å². The monoisotopic (exact) mass is 410 g/mol. The van der Waals surface area contributed by atoms with Crippen molar-refractivity contribution in [2.45, 2.75) is 24.2 Å². The zero-order chi connectivity index (χ0) is 18.8. The second kappa shape index (κ2) is 7.65. The van der Waals surface area contributed by atoms with Crippen molar-refractivity contribution in [3.05, 3.63) is 49.6 Å². The minimum atomic E-state index is -0.762. The summed E-state index contributed by atoms with van der Waals surface area (Å²) in [5.74, 6) is -0.552. The summed E-state index contributed by atoms with van der Waals surface area (Å²) in [6.45, 7) is 2.20. The third-order valence-electron chi connectivity index (χ3n) is 3.62. The van der Waals surface area contributed by atoms with Gasteiger partial charge in [0.2, 0.25) is 0 Å². The number of hydrogen-bond acceptors (Lipinski definition) is 7. The summed E-state index contributed by atoms with van der Waals surface area (Å²) in [6, 6.07) is 5.39. The number of hydrogen-bond donors (Lipinski definition) is 2. The van der Waals surface area contributed by atoms with E-state index < -0.39 is 17.0 Å². The molecule has 0 spiro atoms. The fourth-order valence-corrected chi connectivity index (χ4v) is 4.53. The van der Waals surface area contributed by atoms with Crippen molar-refractivity contribution in [3.8, 4) is 0 Å². The van der Waals surface area contributed by atoms with Crippen molar-refractivity contribution in [2.24, 2.45) is 0 Å². The maximum atomic E-state index is 12.5. The molecule has 0 bridgehead atoms. The average Bonchev–Trinajstić information content (AvgIpc) is 2.98. The van der Waals surface area contributed by atoms with E-state index in [4.69, 9.17) is 17.3 Å². The predicted octanol–water partition coefficient (Wildman–Crippen LogP) is 2.77. The normalized spacial score (nSPS) is 11.2. The number of thiazole rings is 1. The Hall–Kier alpha value is -2.10. The molecule has 0 unspecified atom stereocenters. The van der Waals surface area contributed by atoms with Gasteiger partial charge in [-0.1, -0.05) is 30.3 Å². The minimum absolute atomic E-state index is 0.00877. The Bertz CT molecular complexity index is 1100. The molecule has 2 aromatic heterocycles. The molecule has 136 valence electrons. The number of aromatic amines is 1. The predicted molar refractivity (Wildman–Crippen MR) is 106 cm³/mol. The number of nitrogens with two attached hydrogens (primary N) is 1. The van der Waals surface area contributed by atoms with Crippen molar-refractivity contribution in [1.29, 1.82) is 0 Å². The Morgan fingerprint density at radius 3 is 2.92 bits per heavy atom. The molecule has 0 amide bonds. The highest BCUT2D eigenvalue weighted by molar-refractivity contribution is 8.01. The average molecular weight is 411 g/mol. The summed E-state index contributed by atoms with van der Waals surface area (Å²) in [6.07, 6.45) is 0.646. The van der Waals surface area contributed by atoms with E-state index in [9.17, 15) is 14.4 Å². The Morgan fingerprint density at radius 1 is 1.42 bits per heavy atom. The number of nitrogen functional groups attached to an aromatic ring is 1. The number of thioether (sulfide) groups is 1. The largest absolute Gasteiger partial charge is 0.384 e. The molecular formula is C16H15ClN4O3S2. The van der Waals surface area contributed by atoms with Crippen LogP contribution in [-0.2, 0) is 6.54 Å². The van der Waals surface area contributed by atoms with E-state index in [2.05, 4.69) is 9.97 Å². The molecule has 26 heavy (non-hydrogen) atoms. The number of nitrogens with zero attached hydrogens (tertiary/aromatic N) is 2. The van der Waals surface area contributed by atoms with Gasteiger partial charge in [-0.25, -0.2) is 9.78 Å². The summed E-state index contributed by atoms with van der Waals surface area (Å²) in [5, 5.41) is 0.591. The molecule has 7 nitrogen and oxygen atoms in total. The number of ketones is 1.